The average molecular weight is 195 g/mol. The fourth-order valence-corrected chi connectivity index (χ4v) is 3.50. The Morgan fingerprint density at radius 1 is 0.929 bits per heavy atom. The van der Waals surface area contributed by atoms with E-state index in [-0.39, 0.29) is 0 Å². The standard InChI is InChI=1S/C13H25N/c1-10-8-11(2)14-13(9-10)12-6-4-3-5-7-12/h10-14H,3-9H2,1-2H3. The van der Waals surface area contributed by atoms with Crippen LogP contribution in [-0.2, 0) is 0 Å². The van der Waals surface area contributed by atoms with Crippen molar-refractivity contribution in [1.29, 1.82) is 0 Å². The number of nitrogens with one attached hydrogen (secondary N) is 1. The molecule has 1 heteroatoms. The summed E-state index contributed by atoms with van der Waals surface area (Å²) in [5, 5.41) is 3.82. The third-order valence-electron chi connectivity index (χ3n) is 4.13. The molecule has 3 unspecified atom stereocenters. The van der Waals surface area contributed by atoms with Crippen LogP contribution in [0.5, 0.6) is 0 Å². The van der Waals surface area contributed by atoms with Crippen molar-refractivity contribution in [2.24, 2.45) is 11.8 Å². The van der Waals surface area contributed by atoms with Gasteiger partial charge in [0, 0.05) is 12.1 Å². The second kappa shape index (κ2) is 4.65. The third kappa shape index (κ3) is 2.50. The van der Waals surface area contributed by atoms with Gasteiger partial charge in [-0.2, -0.15) is 0 Å². The minimum atomic E-state index is 0.755. The Kier molecular flexibility index (Phi) is 3.48. The topological polar surface area (TPSA) is 12.0 Å². The van der Waals surface area contributed by atoms with Crippen molar-refractivity contribution < 1.29 is 0 Å². The van der Waals surface area contributed by atoms with E-state index in [2.05, 4.69) is 19.2 Å². The summed E-state index contributed by atoms with van der Waals surface area (Å²) in [6.07, 6.45) is 10.2. The maximum absolute atomic E-state index is 3.82. The summed E-state index contributed by atoms with van der Waals surface area (Å²) in [6, 6.07) is 1.60. The number of piperidine rings is 1. The zero-order valence-corrected chi connectivity index (χ0v) is 9.76. The SMILES string of the molecule is CC1CC(C)NC(C2CCCCC2)C1. The minimum Gasteiger partial charge on any atom is -0.311 e. The van der Waals surface area contributed by atoms with Gasteiger partial charge in [-0.1, -0.05) is 26.2 Å². The first-order chi connectivity index (χ1) is 6.75. The zero-order valence-electron chi connectivity index (χ0n) is 9.76. The molecule has 0 spiro atoms. The van der Waals surface area contributed by atoms with Gasteiger partial charge < -0.3 is 5.32 Å². The van der Waals surface area contributed by atoms with Crippen LogP contribution in [0.2, 0.25) is 0 Å². The molecule has 1 N–H and O–H groups in total. The maximum Gasteiger partial charge on any atom is 0.0100 e. The molecule has 2 fully saturated rings. The van der Waals surface area contributed by atoms with Gasteiger partial charge in [-0.25, -0.2) is 0 Å². The zero-order chi connectivity index (χ0) is 9.97. The van der Waals surface area contributed by atoms with Crippen LogP contribution in [0.4, 0.5) is 0 Å². The molecule has 1 nitrogen and oxygen atoms in total. The lowest BCUT2D eigenvalue weighted by Crippen LogP contribution is -2.47. The summed E-state index contributed by atoms with van der Waals surface area (Å²) in [7, 11) is 0. The fourth-order valence-electron chi connectivity index (χ4n) is 3.50. The largest absolute Gasteiger partial charge is 0.311 e. The van der Waals surface area contributed by atoms with Crippen molar-refractivity contribution in [3.8, 4) is 0 Å². The van der Waals surface area contributed by atoms with Gasteiger partial charge >= 0.3 is 0 Å². The highest BCUT2D eigenvalue weighted by molar-refractivity contribution is 4.87. The first-order valence-corrected chi connectivity index (χ1v) is 6.51. The normalized spacial score (nSPS) is 41.1. The summed E-state index contributed by atoms with van der Waals surface area (Å²) in [4.78, 5) is 0. The highest BCUT2D eigenvalue weighted by Gasteiger charge is 2.29. The van der Waals surface area contributed by atoms with E-state index in [0.29, 0.717) is 0 Å². The van der Waals surface area contributed by atoms with Crippen LogP contribution in [-0.4, -0.2) is 12.1 Å². The van der Waals surface area contributed by atoms with E-state index in [1.54, 1.807) is 0 Å². The highest BCUT2D eigenvalue weighted by atomic mass is 15.0. The highest BCUT2D eigenvalue weighted by Crippen LogP contribution is 2.32. The molecule has 1 aliphatic heterocycles. The molecule has 2 rings (SSSR count). The Morgan fingerprint density at radius 2 is 1.64 bits per heavy atom. The van der Waals surface area contributed by atoms with E-state index < -0.39 is 0 Å². The van der Waals surface area contributed by atoms with Gasteiger partial charge in [-0.05, 0) is 44.4 Å². The molecular weight excluding hydrogens is 170 g/mol. The molecule has 1 heterocycles. The molecule has 1 saturated carbocycles. The van der Waals surface area contributed by atoms with Crippen molar-refractivity contribution in [2.45, 2.75) is 70.9 Å². The van der Waals surface area contributed by atoms with Gasteiger partial charge in [-0.15, -0.1) is 0 Å². The van der Waals surface area contributed by atoms with Crippen molar-refractivity contribution in [1.82, 2.24) is 5.32 Å². The summed E-state index contributed by atoms with van der Waals surface area (Å²) in [6.45, 7) is 4.78. The summed E-state index contributed by atoms with van der Waals surface area (Å²) in [5.41, 5.74) is 0. The van der Waals surface area contributed by atoms with Crippen LogP contribution in [0.1, 0.15) is 58.8 Å². The molecule has 0 aromatic heterocycles. The smallest absolute Gasteiger partial charge is 0.0100 e. The average Bonchev–Trinajstić information content (AvgIpc) is 2.18. The van der Waals surface area contributed by atoms with Crippen LogP contribution in [0, 0.1) is 11.8 Å². The lowest BCUT2D eigenvalue weighted by atomic mass is 9.77. The second-order valence-corrected chi connectivity index (χ2v) is 5.65. The Labute approximate surface area is 88.7 Å². The van der Waals surface area contributed by atoms with Gasteiger partial charge in [0.05, 0.1) is 0 Å². The first kappa shape index (κ1) is 10.5. The van der Waals surface area contributed by atoms with Crippen molar-refractivity contribution in [3.05, 3.63) is 0 Å². The Hall–Kier alpha value is -0.0400. The molecule has 2 aliphatic rings. The van der Waals surface area contributed by atoms with Gasteiger partial charge in [-0.3, -0.25) is 0 Å². The number of hydrogen-bond donors (Lipinski definition) is 1. The predicted octanol–water partition coefficient (Wildman–Crippen LogP) is 3.34. The van der Waals surface area contributed by atoms with E-state index in [1.165, 1.54) is 44.9 Å². The molecule has 0 aromatic rings. The number of rotatable bonds is 1. The molecule has 0 bridgehead atoms. The lowest BCUT2D eigenvalue weighted by Gasteiger charge is -2.39. The second-order valence-electron chi connectivity index (χ2n) is 5.65. The Morgan fingerprint density at radius 3 is 2.29 bits per heavy atom. The van der Waals surface area contributed by atoms with Crippen LogP contribution >= 0.6 is 0 Å². The van der Waals surface area contributed by atoms with Crippen molar-refractivity contribution in [3.63, 3.8) is 0 Å². The quantitative estimate of drug-likeness (QED) is 0.676. The van der Waals surface area contributed by atoms with E-state index in [1.807, 2.05) is 0 Å². The van der Waals surface area contributed by atoms with Crippen molar-refractivity contribution >= 4 is 0 Å². The molecule has 1 aliphatic carbocycles. The Balaban J connectivity index is 1.88. The Bertz CT molecular complexity index is 162. The molecule has 14 heavy (non-hydrogen) atoms. The third-order valence-corrected chi connectivity index (χ3v) is 4.13. The van der Waals surface area contributed by atoms with E-state index in [0.717, 1.165) is 23.9 Å². The van der Waals surface area contributed by atoms with Crippen molar-refractivity contribution in [2.75, 3.05) is 0 Å². The van der Waals surface area contributed by atoms with Gasteiger partial charge in [0.15, 0.2) is 0 Å². The van der Waals surface area contributed by atoms with Gasteiger partial charge in [0.1, 0.15) is 0 Å². The lowest BCUT2D eigenvalue weighted by molar-refractivity contribution is 0.177. The molecular formula is C13H25N. The van der Waals surface area contributed by atoms with E-state index in [9.17, 15) is 0 Å². The van der Waals surface area contributed by atoms with E-state index >= 15 is 0 Å². The van der Waals surface area contributed by atoms with Gasteiger partial charge in [0.2, 0.25) is 0 Å². The van der Waals surface area contributed by atoms with Crippen LogP contribution in [0.3, 0.4) is 0 Å². The predicted molar refractivity (Wildman–Crippen MR) is 61.4 cm³/mol. The molecule has 82 valence electrons. The van der Waals surface area contributed by atoms with E-state index in [4.69, 9.17) is 0 Å². The van der Waals surface area contributed by atoms with Crippen LogP contribution in [0.25, 0.3) is 0 Å². The summed E-state index contributed by atoms with van der Waals surface area (Å²) in [5.74, 6) is 1.94. The molecule has 3 atom stereocenters. The molecule has 1 saturated heterocycles. The molecule has 0 amide bonds. The summed E-state index contributed by atoms with van der Waals surface area (Å²) >= 11 is 0. The van der Waals surface area contributed by atoms with Gasteiger partial charge in [0.25, 0.3) is 0 Å². The fraction of sp³-hybridized carbons (Fsp3) is 1.00. The first-order valence-electron chi connectivity index (χ1n) is 6.51. The molecule has 0 aromatic carbocycles. The summed E-state index contributed by atoms with van der Waals surface area (Å²) < 4.78 is 0. The van der Waals surface area contributed by atoms with Crippen LogP contribution in [0.15, 0.2) is 0 Å². The maximum atomic E-state index is 3.82. The molecule has 0 radical (unpaired) electrons. The number of hydrogen-bond acceptors (Lipinski definition) is 1. The van der Waals surface area contributed by atoms with Crippen LogP contribution < -0.4 is 5.32 Å². The minimum absolute atomic E-state index is 0.755. The monoisotopic (exact) mass is 195 g/mol.